The summed E-state index contributed by atoms with van der Waals surface area (Å²) < 4.78 is 19.9. The second-order valence-corrected chi connectivity index (χ2v) is 7.83. The number of benzene rings is 4. The molecule has 0 radical (unpaired) electrons. The fraction of sp³-hybridized carbons (Fsp3) is 0.0370. The molecule has 1 aromatic heterocycles. The van der Waals surface area contributed by atoms with Crippen LogP contribution in [0.3, 0.4) is 0 Å². The highest BCUT2D eigenvalue weighted by Crippen LogP contribution is 2.38. The van der Waals surface area contributed by atoms with Crippen molar-refractivity contribution in [3.8, 4) is 11.1 Å². The third-order valence-corrected chi connectivity index (χ3v) is 5.64. The Kier molecular flexibility index (Phi) is 5.43. The van der Waals surface area contributed by atoms with E-state index in [9.17, 15) is 14.0 Å². The normalized spacial score (nSPS) is 11.0. The van der Waals surface area contributed by atoms with Gasteiger partial charge in [0.15, 0.2) is 0 Å². The molecule has 0 atom stereocenters. The number of amides is 2. The highest BCUT2D eigenvalue weighted by Gasteiger charge is 2.18. The van der Waals surface area contributed by atoms with E-state index in [2.05, 4.69) is 10.3 Å². The van der Waals surface area contributed by atoms with Gasteiger partial charge in [-0.05, 0) is 35.4 Å². The van der Waals surface area contributed by atoms with Crippen LogP contribution in [0.1, 0.15) is 15.9 Å². The number of nitrogens with two attached hydrogens (primary N) is 1. The quantitative estimate of drug-likeness (QED) is 0.306. The van der Waals surface area contributed by atoms with Crippen molar-refractivity contribution >= 4 is 39.5 Å². The predicted molar refractivity (Wildman–Crippen MR) is 130 cm³/mol. The molecule has 5 aromatic rings. The number of aromatic nitrogens is 1. The summed E-state index contributed by atoms with van der Waals surface area (Å²) in [5.41, 5.74) is 9.47. The average Bonchev–Trinajstić information content (AvgIpc) is 3.22. The van der Waals surface area contributed by atoms with E-state index in [1.165, 1.54) is 6.07 Å². The Morgan fingerprint density at radius 3 is 2.44 bits per heavy atom. The first-order valence-corrected chi connectivity index (χ1v) is 10.6. The minimum absolute atomic E-state index is 0.148. The molecule has 0 bridgehead atoms. The van der Waals surface area contributed by atoms with E-state index >= 15 is 0 Å². The predicted octanol–water partition coefficient (Wildman–Crippen LogP) is 5.97. The van der Waals surface area contributed by atoms with Gasteiger partial charge in [-0.25, -0.2) is 9.18 Å². The molecule has 0 aliphatic heterocycles. The molecule has 5 rings (SSSR count). The fourth-order valence-electron chi connectivity index (χ4n) is 4.08. The molecule has 2 amide bonds. The van der Waals surface area contributed by atoms with Crippen LogP contribution >= 0.6 is 0 Å². The number of hydrogen-bond acceptors (Lipinski definition) is 3. The lowest BCUT2D eigenvalue weighted by Crippen LogP contribution is -2.13. The Labute approximate surface area is 194 Å². The van der Waals surface area contributed by atoms with Gasteiger partial charge in [-0.3, -0.25) is 10.1 Å². The van der Waals surface area contributed by atoms with Gasteiger partial charge in [-0.15, -0.1) is 0 Å². The third kappa shape index (κ3) is 3.95. The van der Waals surface area contributed by atoms with Gasteiger partial charge in [0.05, 0.1) is 11.1 Å². The molecule has 0 aliphatic rings. The van der Waals surface area contributed by atoms with Crippen LogP contribution in [0.4, 0.5) is 14.9 Å². The maximum absolute atomic E-state index is 14.6. The first-order valence-electron chi connectivity index (χ1n) is 10.6. The molecule has 1 heterocycles. The number of fused-ring (bicyclic) bond motifs is 3. The molecule has 6 nitrogen and oxygen atoms in total. The highest BCUT2D eigenvalue weighted by molar-refractivity contribution is 6.20. The van der Waals surface area contributed by atoms with E-state index in [0.29, 0.717) is 38.8 Å². The zero-order valence-corrected chi connectivity index (χ0v) is 18.0. The smallest absolute Gasteiger partial charge is 0.411 e. The number of primary amides is 1. The Balaban J connectivity index is 1.53. The zero-order chi connectivity index (χ0) is 23.7. The maximum Gasteiger partial charge on any atom is 0.411 e. The Bertz CT molecular complexity index is 1540. The number of aromatic amines is 1. The molecular weight excluding hydrogens is 433 g/mol. The molecule has 0 spiro atoms. The molecule has 168 valence electrons. The van der Waals surface area contributed by atoms with E-state index in [1.807, 2.05) is 30.3 Å². The number of carbonyl (C=O) groups is 2. The summed E-state index contributed by atoms with van der Waals surface area (Å²) in [5.74, 6) is -0.969. The monoisotopic (exact) mass is 453 g/mol. The Morgan fingerprint density at radius 1 is 0.912 bits per heavy atom. The molecule has 0 aliphatic carbocycles. The van der Waals surface area contributed by atoms with E-state index < -0.39 is 12.0 Å². The van der Waals surface area contributed by atoms with Crippen LogP contribution in [0, 0.1) is 5.82 Å². The highest BCUT2D eigenvalue weighted by atomic mass is 19.1. The first kappa shape index (κ1) is 21.2. The summed E-state index contributed by atoms with van der Waals surface area (Å²) in [4.78, 5) is 27.5. The van der Waals surface area contributed by atoms with Gasteiger partial charge >= 0.3 is 6.09 Å². The van der Waals surface area contributed by atoms with Crippen molar-refractivity contribution < 1.29 is 18.7 Å². The second kappa shape index (κ2) is 8.71. The van der Waals surface area contributed by atoms with Crippen molar-refractivity contribution in [1.82, 2.24) is 4.98 Å². The van der Waals surface area contributed by atoms with Crippen LogP contribution in [0.2, 0.25) is 0 Å². The SMILES string of the molecule is NC(=O)c1ccc(-c2ccccc2F)c2c1[nH]c1cc(NC(=O)OCc3ccccc3)ccc12. The minimum atomic E-state index is -0.598. The summed E-state index contributed by atoms with van der Waals surface area (Å²) >= 11 is 0. The van der Waals surface area contributed by atoms with Gasteiger partial charge in [0.25, 0.3) is 5.91 Å². The van der Waals surface area contributed by atoms with Crippen molar-refractivity contribution in [3.63, 3.8) is 0 Å². The van der Waals surface area contributed by atoms with Crippen LogP contribution in [0.15, 0.2) is 84.9 Å². The number of rotatable bonds is 5. The summed E-state index contributed by atoms with van der Waals surface area (Å²) in [6, 6.07) is 24.4. The molecule has 34 heavy (non-hydrogen) atoms. The van der Waals surface area contributed by atoms with Gasteiger partial charge in [-0.1, -0.05) is 60.7 Å². The number of H-pyrrole nitrogens is 1. The van der Waals surface area contributed by atoms with Crippen molar-refractivity contribution in [3.05, 3.63) is 102 Å². The topological polar surface area (TPSA) is 97.2 Å². The van der Waals surface area contributed by atoms with Crippen molar-refractivity contribution in [2.24, 2.45) is 5.73 Å². The van der Waals surface area contributed by atoms with Crippen LogP contribution in [-0.4, -0.2) is 17.0 Å². The van der Waals surface area contributed by atoms with Crippen molar-refractivity contribution in [1.29, 1.82) is 0 Å². The average molecular weight is 453 g/mol. The maximum atomic E-state index is 14.6. The molecular formula is C27H20FN3O3. The van der Waals surface area contributed by atoms with Gasteiger partial charge in [0, 0.05) is 27.5 Å². The standard InChI is InChI=1S/C27H20FN3O3/c28-22-9-5-4-8-18(22)19-12-13-21(26(29)32)25-24(19)20-11-10-17(14-23(20)31-25)30-27(33)34-15-16-6-2-1-3-7-16/h1-14,31H,15H2,(H2,29,32)(H,30,33). The van der Waals surface area contributed by atoms with E-state index in [-0.39, 0.29) is 12.4 Å². The molecule has 0 fully saturated rings. The van der Waals surface area contributed by atoms with Gasteiger partial charge in [0.1, 0.15) is 12.4 Å². The van der Waals surface area contributed by atoms with Crippen LogP contribution in [0.25, 0.3) is 32.9 Å². The zero-order valence-electron chi connectivity index (χ0n) is 18.0. The molecule has 7 heteroatoms. The lowest BCUT2D eigenvalue weighted by molar-refractivity contribution is 0.100. The molecule has 0 unspecified atom stereocenters. The Hall–Kier alpha value is -4.65. The number of hydrogen-bond donors (Lipinski definition) is 3. The fourth-order valence-corrected chi connectivity index (χ4v) is 4.08. The summed E-state index contributed by atoms with van der Waals surface area (Å²) in [7, 11) is 0. The lowest BCUT2D eigenvalue weighted by Gasteiger charge is -2.09. The lowest BCUT2D eigenvalue weighted by atomic mass is 9.96. The molecule has 4 N–H and O–H groups in total. The van der Waals surface area contributed by atoms with Crippen molar-refractivity contribution in [2.45, 2.75) is 6.61 Å². The summed E-state index contributed by atoms with van der Waals surface area (Å²) in [6.07, 6.45) is -0.593. The van der Waals surface area contributed by atoms with Crippen LogP contribution in [0.5, 0.6) is 0 Å². The van der Waals surface area contributed by atoms with Gasteiger partial charge in [0.2, 0.25) is 0 Å². The number of anilines is 1. The van der Waals surface area contributed by atoms with Crippen LogP contribution < -0.4 is 11.1 Å². The number of halogens is 1. The summed E-state index contributed by atoms with van der Waals surface area (Å²) in [5, 5.41) is 4.15. The molecule has 0 saturated carbocycles. The second-order valence-electron chi connectivity index (χ2n) is 7.83. The number of carbonyl (C=O) groups excluding carboxylic acids is 2. The molecule has 0 saturated heterocycles. The van der Waals surface area contributed by atoms with Crippen LogP contribution in [-0.2, 0) is 11.3 Å². The number of ether oxygens (including phenoxy) is 1. The van der Waals surface area contributed by atoms with Gasteiger partial charge in [-0.2, -0.15) is 0 Å². The largest absolute Gasteiger partial charge is 0.444 e. The van der Waals surface area contributed by atoms with E-state index in [0.717, 1.165) is 10.9 Å². The minimum Gasteiger partial charge on any atom is -0.444 e. The molecule has 4 aromatic carbocycles. The van der Waals surface area contributed by atoms with E-state index in [4.69, 9.17) is 10.5 Å². The third-order valence-electron chi connectivity index (χ3n) is 5.64. The van der Waals surface area contributed by atoms with Gasteiger partial charge < -0.3 is 15.5 Å². The van der Waals surface area contributed by atoms with E-state index in [1.54, 1.807) is 48.5 Å². The Morgan fingerprint density at radius 2 is 1.68 bits per heavy atom. The van der Waals surface area contributed by atoms with Crippen molar-refractivity contribution in [2.75, 3.05) is 5.32 Å². The summed E-state index contributed by atoms with van der Waals surface area (Å²) in [6.45, 7) is 0.148. The number of nitrogens with one attached hydrogen (secondary N) is 2. The first-order chi connectivity index (χ1) is 16.5.